The van der Waals surface area contributed by atoms with Gasteiger partial charge < -0.3 is 9.47 Å². The van der Waals surface area contributed by atoms with Crippen molar-refractivity contribution in [1.29, 1.82) is 5.26 Å². The summed E-state index contributed by atoms with van der Waals surface area (Å²) in [6.07, 6.45) is -4.49. The monoisotopic (exact) mass is 289 g/mol. The number of nitrogens with zero attached hydrogens (tertiary/aromatic N) is 1. The van der Waals surface area contributed by atoms with Crippen LogP contribution in [0.1, 0.15) is 0 Å². The summed E-state index contributed by atoms with van der Waals surface area (Å²) in [4.78, 5) is 0.619. The topological polar surface area (TPSA) is 42.2 Å². The second kappa shape index (κ2) is 5.61. The Kier molecular flexibility index (Phi) is 4.10. The number of nitriles is 1. The van der Waals surface area contributed by atoms with Crippen molar-refractivity contribution in [2.45, 2.75) is 11.1 Å². The standard InChI is InChI=1S/C12H10F3NO2S/c13-12(14,15)8(6-16)7-19-9-1-2-10-11(5-9)18-4-3-17-10/h1-2,5,8H,3-4,7H2. The van der Waals surface area contributed by atoms with Gasteiger partial charge in [-0.1, -0.05) is 0 Å². The van der Waals surface area contributed by atoms with Gasteiger partial charge in [0.2, 0.25) is 0 Å². The fraction of sp³-hybridized carbons (Fsp3) is 0.417. The Bertz CT molecular complexity index is 499. The van der Waals surface area contributed by atoms with Crippen molar-refractivity contribution in [1.82, 2.24) is 0 Å². The van der Waals surface area contributed by atoms with Gasteiger partial charge in [-0.3, -0.25) is 0 Å². The van der Waals surface area contributed by atoms with Crippen LogP contribution in [0.4, 0.5) is 13.2 Å². The highest BCUT2D eigenvalue weighted by atomic mass is 32.2. The molecule has 0 N–H and O–H groups in total. The molecule has 102 valence electrons. The number of rotatable bonds is 3. The fourth-order valence-corrected chi connectivity index (χ4v) is 2.48. The largest absolute Gasteiger partial charge is 0.486 e. The molecule has 1 unspecified atom stereocenters. The van der Waals surface area contributed by atoms with E-state index in [2.05, 4.69) is 0 Å². The second-order valence-corrected chi connectivity index (χ2v) is 4.93. The number of benzene rings is 1. The molecule has 3 nitrogen and oxygen atoms in total. The molecule has 0 saturated carbocycles. The second-order valence-electron chi connectivity index (χ2n) is 3.84. The van der Waals surface area contributed by atoms with E-state index in [-0.39, 0.29) is 5.75 Å². The van der Waals surface area contributed by atoms with E-state index in [1.807, 2.05) is 0 Å². The van der Waals surface area contributed by atoms with E-state index >= 15 is 0 Å². The predicted octanol–water partition coefficient (Wildman–Crippen LogP) is 3.25. The molecule has 1 aromatic carbocycles. The summed E-state index contributed by atoms with van der Waals surface area (Å²) >= 11 is 0.975. The maximum absolute atomic E-state index is 12.4. The molecule has 0 aliphatic carbocycles. The van der Waals surface area contributed by atoms with Crippen LogP contribution < -0.4 is 9.47 Å². The Morgan fingerprint density at radius 1 is 1.26 bits per heavy atom. The van der Waals surface area contributed by atoms with Gasteiger partial charge in [0.15, 0.2) is 17.4 Å². The molecule has 1 aliphatic rings. The average Bonchev–Trinajstić information content (AvgIpc) is 2.37. The van der Waals surface area contributed by atoms with Gasteiger partial charge in [0.1, 0.15) is 13.2 Å². The number of ether oxygens (including phenoxy) is 2. The van der Waals surface area contributed by atoms with Crippen molar-refractivity contribution in [2.75, 3.05) is 19.0 Å². The van der Waals surface area contributed by atoms with Gasteiger partial charge in [0, 0.05) is 10.6 Å². The van der Waals surface area contributed by atoms with Crippen molar-refractivity contribution < 1.29 is 22.6 Å². The third-order valence-corrected chi connectivity index (χ3v) is 3.57. The Morgan fingerprint density at radius 3 is 2.58 bits per heavy atom. The van der Waals surface area contributed by atoms with Crippen molar-refractivity contribution in [2.24, 2.45) is 5.92 Å². The summed E-state index contributed by atoms with van der Waals surface area (Å²) in [7, 11) is 0. The molecule has 2 rings (SSSR count). The van der Waals surface area contributed by atoms with Gasteiger partial charge in [-0.15, -0.1) is 11.8 Å². The third-order valence-electron chi connectivity index (χ3n) is 2.48. The lowest BCUT2D eigenvalue weighted by Crippen LogP contribution is -2.23. The van der Waals surface area contributed by atoms with Crippen LogP contribution in [-0.2, 0) is 0 Å². The van der Waals surface area contributed by atoms with E-state index in [9.17, 15) is 13.2 Å². The number of alkyl halides is 3. The van der Waals surface area contributed by atoms with E-state index in [0.29, 0.717) is 29.6 Å². The minimum absolute atomic E-state index is 0.334. The molecule has 1 atom stereocenters. The minimum atomic E-state index is -4.49. The third kappa shape index (κ3) is 3.47. The van der Waals surface area contributed by atoms with E-state index in [1.54, 1.807) is 18.2 Å². The highest BCUT2D eigenvalue weighted by molar-refractivity contribution is 7.99. The van der Waals surface area contributed by atoms with Gasteiger partial charge in [0.25, 0.3) is 0 Å². The van der Waals surface area contributed by atoms with E-state index < -0.39 is 12.1 Å². The van der Waals surface area contributed by atoms with Crippen LogP contribution in [-0.4, -0.2) is 25.1 Å². The van der Waals surface area contributed by atoms with Gasteiger partial charge >= 0.3 is 6.18 Å². The molecule has 7 heteroatoms. The molecule has 0 fully saturated rings. The highest BCUT2D eigenvalue weighted by Crippen LogP contribution is 2.36. The lowest BCUT2D eigenvalue weighted by Gasteiger charge is -2.19. The highest BCUT2D eigenvalue weighted by Gasteiger charge is 2.39. The van der Waals surface area contributed by atoms with E-state index in [4.69, 9.17) is 14.7 Å². The Labute approximate surface area is 112 Å². The van der Waals surface area contributed by atoms with Crippen molar-refractivity contribution in [3.63, 3.8) is 0 Å². The summed E-state index contributed by atoms with van der Waals surface area (Å²) in [6, 6.07) is 6.22. The van der Waals surface area contributed by atoms with Gasteiger partial charge in [-0.25, -0.2) is 0 Å². The number of hydrogen-bond acceptors (Lipinski definition) is 4. The van der Waals surface area contributed by atoms with E-state index in [1.165, 1.54) is 6.07 Å². The predicted molar refractivity (Wildman–Crippen MR) is 63.3 cm³/mol. The lowest BCUT2D eigenvalue weighted by atomic mass is 10.2. The molecule has 1 aliphatic heterocycles. The molecular weight excluding hydrogens is 279 g/mol. The van der Waals surface area contributed by atoms with Crippen LogP contribution in [0, 0.1) is 17.2 Å². The maximum atomic E-state index is 12.4. The zero-order valence-corrected chi connectivity index (χ0v) is 10.6. The van der Waals surface area contributed by atoms with Gasteiger partial charge in [0.05, 0.1) is 6.07 Å². The van der Waals surface area contributed by atoms with Crippen LogP contribution in [0.25, 0.3) is 0 Å². The lowest BCUT2D eigenvalue weighted by molar-refractivity contribution is -0.152. The first kappa shape index (κ1) is 13.9. The molecule has 0 bridgehead atoms. The molecular formula is C12H10F3NO2S. The number of fused-ring (bicyclic) bond motifs is 1. The minimum Gasteiger partial charge on any atom is -0.486 e. The van der Waals surface area contributed by atoms with Gasteiger partial charge in [-0.2, -0.15) is 18.4 Å². The van der Waals surface area contributed by atoms with Crippen molar-refractivity contribution >= 4 is 11.8 Å². The molecule has 19 heavy (non-hydrogen) atoms. The summed E-state index contributed by atoms with van der Waals surface area (Å²) in [5.41, 5.74) is 0. The maximum Gasteiger partial charge on any atom is 0.405 e. The first-order valence-corrected chi connectivity index (χ1v) is 6.48. The normalized spacial score (nSPS) is 15.7. The summed E-state index contributed by atoms with van der Waals surface area (Å²) in [6.45, 7) is 0.883. The molecule has 0 amide bonds. The molecule has 1 heterocycles. The molecule has 0 radical (unpaired) electrons. The smallest absolute Gasteiger partial charge is 0.405 e. The van der Waals surface area contributed by atoms with Crippen LogP contribution in [0.15, 0.2) is 23.1 Å². The first-order valence-electron chi connectivity index (χ1n) is 5.49. The Hall–Kier alpha value is -1.55. The molecule has 0 aromatic heterocycles. The van der Waals surface area contributed by atoms with E-state index in [0.717, 1.165) is 11.8 Å². The van der Waals surface area contributed by atoms with Crippen LogP contribution in [0.3, 0.4) is 0 Å². The summed E-state index contributed by atoms with van der Waals surface area (Å²) < 4.78 is 47.9. The zero-order valence-electron chi connectivity index (χ0n) is 9.74. The van der Waals surface area contributed by atoms with Crippen molar-refractivity contribution in [3.05, 3.63) is 18.2 Å². The quantitative estimate of drug-likeness (QED) is 0.801. The molecule has 0 saturated heterocycles. The van der Waals surface area contributed by atoms with Crippen LogP contribution >= 0.6 is 11.8 Å². The number of halogens is 3. The molecule has 0 spiro atoms. The van der Waals surface area contributed by atoms with Crippen LogP contribution in [0.2, 0.25) is 0 Å². The summed E-state index contributed by atoms with van der Waals surface area (Å²) in [5, 5.41) is 8.50. The zero-order chi connectivity index (χ0) is 13.9. The Morgan fingerprint density at radius 2 is 1.95 bits per heavy atom. The summed E-state index contributed by atoms with van der Waals surface area (Å²) in [5.74, 6) is -1.19. The average molecular weight is 289 g/mol. The Balaban J connectivity index is 2.02. The van der Waals surface area contributed by atoms with Crippen LogP contribution in [0.5, 0.6) is 11.5 Å². The fourth-order valence-electron chi connectivity index (χ4n) is 1.50. The first-order chi connectivity index (χ1) is 9.00. The molecule has 1 aromatic rings. The van der Waals surface area contributed by atoms with Gasteiger partial charge in [-0.05, 0) is 18.2 Å². The number of thioether (sulfide) groups is 1. The van der Waals surface area contributed by atoms with Crippen molar-refractivity contribution in [3.8, 4) is 17.6 Å². The number of hydrogen-bond donors (Lipinski definition) is 0. The SMILES string of the molecule is N#CC(CSc1ccc2c(c1)OCCO2)C(F)(F)F.